The lowest BCUT2D eigenvalue weighted by molar-refractivity contribution is -0.116. The molecule has 0 fully saturated rings. The first-order chi connectivity index (χ1) is 12.5. The number of carbonyl (C=O) groups excluding carboxylic acids is 1. The van der Waals surface area contributed by atoms with E-state index in [4.69, 9.17) is 11.6 Å². The minimum atomic E-state index is -0.255. The highest BCUT2D eigenvalue weighted by atomic mass is 35.5. The maximum absolute atomic E-state index is 14.0. The van der Waals surface area contributed by atoms with Gasteiger partial charge < -0.3 is 10.3 Å². The maximum atomic E-state index is 14.0. The van der Waals surface area contributed by atoms with Gasteiger partial charge >= 0.3 is 0 Å². The summed E-state index contributed by atoms with van der Waals surface area (Å²) in [5, 5.41) is 4.44. The third kappa shape index (κ3) is 3.97. The zero-order chi connectivity index (χ0) is 18.7. The summed E-state index contributed by atoms with van der Waals surface area (Å²) >= 11 is 5.84. The van der Waals surface area contributed by atoms with Gasteiger partial charge in [-0.15, -0.1) is 0 Å². The smallest absolute Gasteiger partial charge is 0.244 e. The van der Waals surface area contributed by atoms with Crippen LogP contribution in [0.4, 0.5) is 4.39 Å². The topological polar surface area (TPSA) is 44.9 Å². The van der Waals surface area contributed by atoms with Gasteiger partial charge in [0.2, 0.25) is 5.91 Å². The molecule has 1 heterocycles. The molecule has 0 atom stereocenters. The average molecular weight is 371 g/mol. The van der Waals surface area contributed by atoms with Crippen molar-refractivity contribution in [1.82, 2.24) is 10.3 Å². The summed E-state index contributed by atoms with van der Waals surface area (Å²) in [6.45, 7) is 4.37. The lowest BCUT2D eigenvalue weighted by Crippen LogP contribution is -2.23. The molecule has 0 saturated carbocycles. The number of hydrogen-bond acceptors (Lipinski definition) is 1. The largest absolute Gasteiger partial charge is 0.356 e. The Kier molecular flexibility index (Phi) is 5.43. The highest BCUT2D eigenvalue weighted by molar-refractivity contribution is 6.30. The van der Waals surface area contributed by atoms with Crippen LogP contribution >= 0.6 is 11.6 Å². The third-order valence-corrected chi connectivity index (χ3v) is 4.65. The van der Waals surface area contributed by atoms with Crippen molar-refractivity contribution in [3.05, 3.63) is 75.7 Å². The van der Waals surface area contributed by atoms with Gasteiger partial charge in [-0.05, 0) is 61.2 Å². The molecule has 1 amide bonds. The summed E-state index contributed by atoms with van der Waals surface area (Å²) in [6.07, 6.45) is 3.87. The predicted molar refractivity (Wildman–Crippen MR) is 105 cm³/mol. The van der Waals surface area contributed by atoms with Gasteiger partial charge in [0, 0.05) is 28.7 Å². The molecule has 5 heteroatoms. The molecule has 0 bridgehead atoms. The molecule has 3 nitrogen and oxygen atoms in total. The number of nitrogens with one attached hydrogen (secondary N) is 2. The molecule has 3 rings (SSSR count). The van der Waals surface area contributed by atoms with Crippen LogP contribution in [0.2, 0.25) is 5.02 Å². The Balaban J connectivity index is 1.64. The number of aromatic amines is 1. The molecule has 0 saturated heterocycles. The van der Waals surface area contributed by atoms with E-state index in [1.165, 1.54) is 12.1 Å². The van der Waals surface area contributed by atoms with Crippen LogP contribution in [0.3, 0.4) is 0 Å². The fourth-order valence-electron chi connectivity index (χ4n) is 3.07. The number of amides is 1. The van der Waals surface area contributed by atoms with Gasteiger partial charge in [-0.2, -0.15) is 0 Å². The van der Waals surface area contributed by atoms with Crippen molar-refractivity contribution in [3.8, 4) is 0 Å². The lowest BCUT2D eigenvalue weighted by atomic mass is 10.0. The normalized spacial score (nSPS) is 11.4. The van der Waals surface area contributed by atoms with Gasteiger partial charge in [0.1, 0.15) is 5.82 Å². The summed E-state index contributed by atoms with van der Waals surface area (Å²) in [4.78, 5) is 15.1. The Morgan fingerprint density at radius 2 is 1.92 bits per heavy atom. The van der Waals surface area contributed by atoms with E-state index in [2.05, 4.69) is 10.3 Å². The van der Waals surface area contributed by atoms with Gasteiger partial charge in [0.05, 0.1) is 5.52 Å². The minimum absolute atomic E-state index is 0.166. The van der Waals surface area contributed by atoms with Crippen LogP contribution < -0.4 is 5.32 Å². The Bertz CT molecular complexity index is 974. The van der Waals surface area contributed by atoms with Crippen LogP contribution in [0.1, 0.15) is 22.4 Å². The molecular weight excluding hydrogens is 351 g/mol. The molecular formula is C21H20ClFN2O. The number of rotatable bonds is 5. The van der Waals surface area contributed by atoms with E-state index in [-0.39, 0.29) is 11.7 Å². The highest BCUT2D eigenvalue weighted by Crippen LogP contribution is 2.27. The summed E-state index contributed by atoms with van der Waals surface area (Å²) < 4.78 is 14.0. The standard InChI is InChI=1S/C21H20ClFN2O/c1-13-3-9-18(23)21-20(13)17(14(2)25-21)11-12-24-19(26)10-6-15-4-7-16(22)8-5-15/h3-10,25H,11-12H2,1-2H3,(H,24,26)/b10-6+. The van der Waals surface area contributed by atoms with Gasteiger partial charge in [-0.25, -0.2) is 4.39 Å². The second kappa shape index (κ2) is 7.75. The average Bonchev–Trinajstić information content (AvgIpc) is 2.96. The van der Waals surface area contributed by atoms with Crippen molar-refractivity contribution >= 4 is 34.5 Å². The molecule has 0 radical (unpaired) electrons. The molecule has 0 unspecified atom stereocenters. The van der Waals surface area contributed by atoms with Crippen molar-refractivity contribution in [2.24, 2.45) is 0 Å². The second-order valence-electron chi connectivity index (χ2n) is 6.27. The van der Waals surface area contributed by atoms with E-state index >= 15 is 0 Å². The number of aryl methyl sites for hydroxylation is 2. The maximum Gasteiger partial charge on any atom is 0.244 e. The number of aromatic nitrogens is 1. The van der Waals surface area contributed by atoms with Gasteiger partial charge in [-0.1, -0.05) is 29.8 Å². The van der Waals surface area contributed by atoms with Crippen molar-refractivity contribution < 1.29 is 9.18 Å². The van der Waals surface area contributed by atoms with Crippen molar-refractivity contribution in [2.45, 2.75) is 20.3 Å². The molecule has 0 spiro atoms. The van der Waals surface area contributed by atoms with Crippen LogP contribution in [-0.4, -0.2) is 17.4 Å². The van der Waals surface area contributed by atoms with E-state index in [0.29, 0.717) is 23.5 Å². The van der Waals surface area contributed by atoms with Crippen LogP contribution in [0.5, 0.6) is 0 Å². The van der Waals surface area contributed by atoms with Crippen molar-refractivity contribution in [1.29, 1.82) is 0 Å². The summed E-state index contributed by atoms with van der Waals surface area (Å²) in [5.74, 6) is -0.421. The fraction of sp³-hybridized carbons (Fsp3) is 0.190. The molecule has 2 aromatic carbocycles. The Labute approximate surface area is 156 Å². The number of halogens is 2. The molecule has 0 aliphatic carbocycles. The Morgan fingerprint density at radius 1 is 1.19 bits per heavy atom. The number of hydrogen-bond donors (Lipinski definition) is 2. The molecule has 134 valence electrons. The lowest BCUT2D eigenvalue weighted by Gasteiger charge is -2.05. The first-order valence-electron chi connectivity index (χ1n) is 8.43. The summed E-state index contributed by atoms with van der Waals surface area (Å²) in [6, 6.07) is 10.5. The molecule has 26 heavy (non-hydrogen) atoms. The number of carbonyl (C=O) groups is 1. The van der Waals surface area contributed by atoms with Crippen molar-refractivity contribution in [3.63, 3.8) is 0 Å². The zero-order valence-electron chi connectivity index (χ0n) is 14.7. The van der Waals surface area contributed by atoms with E-state index < -0.39 is 0 Å². The van der Waals surface area contributed by atoms with Gasteiger partial charge in [-0.3, -0.25) is 4.79 Å². The minimum Gasteiger partial charge on any atom is -0.356 e. The van der Waals surface area contributed by atoms with E-state index in [1.54, 1.807) is 24.3 Å². The van der Waals surface area contributed by atoms with Gasteiger partial charge in [0.15, 0.2) is 0 Å². The molecule has 3 aromatic rings. The number of benzene rings is 2. The SMILES string of the molecule is Cc1[nH]c2c(F)ccc(C)c2c1CCNC(=O)/C=C/c1ccc(Cl)cc1. The molecule has 0 aliphatic rings. The van der Waals surface area contributed by atoms with E-state index in [1.807, 2.05) is 26.0 Å². The molecule has 1 aromatic heterocycles. The number of fused-ring (bicyclic) bond motifs is 1. The quantitative estimate of drug-likeness (QED) is 0.613. The monoisotopic (exact) mass is 370 g/mol. The van der Waals surface area contributed by atoms with Crippen LogP contribution in [0.15, 0.2) is 42.5 Å². The Hall–Kier alpha value is -2.59. The first kappa shape index (κ1) is 18.2. The van der Waals surface area contributed by atoms with Gasteiger partial charge in [0.25, 0.3) is 0 Å². The molecule has 0 aliphatic heterocycles. The third-order valence-electron chi connectivity index (χ3n) is 4.40. The summed E-state index contributed by atoms with van der Waals surface area (Å²) in [7, 11) is 0. The van der Waals surface area contributed by atoms with Crippen LogP contribution in [0.25, 0.3) is 17.0 Å². The molecule has 2 N–H and O–H groups in total. The first-order valence-corrected chi connectivity index (χ1v) is 8.81. The predicted octanol–water partition coefficient (Wildman–Crippen LogP) is 4.95. The van der Waals surface area contributed by atoms with Crippen molar-refractivity contribution in [2.75, 3.05) is 6.54 Å². The summed E-state index contributed by atoms with van der Waals surface area (Å²) in [5.41, 5.74) is 4.43. The fourth-order valence-corrected chi connectivity index (χ4v) is 3.20. The Morgan fingerprint density at radius 3 is 2.65 bits per heavy atom. The van der Waals surface area contributed by atoms with E-state index in [0.717, 1.165) is 27.8 Å². The number of H-pyrrole nitrogens is 1. The second-order valence-corrected chi connectivity index (χ2v) is 6.71. The van der Waals surface area contributed by atoms with E-state index in [9.17, 15) is 9.18 Å². The zero-order valence-corrected chi connectivity index (χ0v) is 15.5. The van der Waals surface area contributed by atoms with Crippen LogP contribution in [-0.2, 0) is 11.2 Å². The van der Waals surface area contributed by atoms with Crippen LogP contribution in [0, 0.1) is 19.7 Å². The highest BCUT2D eigenvalue weighted by Gasteiger charge is 2.13.